The molecule has 10 heteroatoms. The third-order valence-electron chi connectivity index (χ3n) is 6.75. The maximum atomic E-state index is 13.2. The first-order valence-corrected chi connectivity index (χ1v) is 10.3. The number of anilines is 2. The molecule has 32 heavy (non-hydrogen) atoms. The van der Waals surface area contributed by atoms with Crippen molar-refractivity contribution in [2.75, 3.05) is 5.32 Å². The Balaban J connectivity index is 1.32. The number of amides is 1. The van der Waals surface area contributed by atoms with Crippen LogP contribution in [0.15, 0.2) is 36.5 Å². The van der Waals surface area contributed by atoms with Crippen molar-refractivity contribution in [2.24, 2.45) is 0 Å². The molecule has 1 saturated heterocycles. The summed E-state index contributed by atoms with van der Waals surface area (Å²) in [6.07, 6.45) is -2.89. The van der Waals surface area contributed by atoms with E-state index < -0.39 is 36.1 Å². The Bertz CT molecular complexity index is 1090. The summed E-state index contributed by atoms with van der Waals surface area (Å²) in [6, 6.07) is 8.81. The molecule has 1 atom stereocenters. The van der Waals surface area contributed by atoms with Gasteiger partial charge in [-0.3, -0.25) is 20.1 Å². The second-order valence-corrected chi connectivity index (χ2v) is 8.95. The fourth-order valence-electron chi connectivity index (χ4n) is 4.93. The van der Waals surface area contributed by atoms with Crippen LogP contribution in [0.4, 0.5) is 20.2 Å². The van der Waals surface area contributed by atoms with E-state index in [0.29, 0.717) is 6.42 Å². The van der Waals surface area contributed by atoms with Gasteiger partial charge in [-0.15, -0.1) is 0 Å². The highest BCUT2D eigenvalue weighted by Gasteiger charge is 2.63. The summed E-state index contributed by atoms with van der Waals surface area (Å²) in [5.41, 5.74) is 1.31. The molecule has 0 radical (unpaired) electrons. The molecule has 1 aliphatic heterocycles. The average Bonchev–Trinajstić information content (AvgIpc) is 2.67. The van der Waals surface area contributed by atoms with Crippen molar-refractivity contribution in [3.8, 4) is 0 Å². The summed E-state index contributed by atoms with van der Waals surface area (Å²) < 4.78 is 26.4. The van der Waals surface area contributed by atoms with Crippen LogP contribution in [0.2, 0.25) is 0 Å². The molecular formula is C22H23F2N5O3. The number of halogens is 2. The Hall–Kier alpha value is -3.11. The molecule has 1 amide bonds. The highest BCUT2D eigenvalue weighted by molar-refractivity contribution is 6.00. The lowest BCUT2D eigenvalue weighted by molar-refractivity contribution is -0.335. The summed E-state index contributed by atoms with van der Waals surface area (Å²) in [5, 5.41) is 33.5. The molecule has 168 valence electrons. The van der Waals surface area contributed by atoms with Gasteiger partial charge in [-0.05, 0) is 36.2 Å². The van der Waals surface area contributed by atoms with Gasteiger partial charge in [0.25, 0.3) is 0 Å². The average molecular weight is 443 g/mol. The Morgan fingerprint density at radius 3 is 2.66 bits per heavy atom. The molecule has 8 nitrogen and oxygen atoms in total. The van der Waals surface area contributed by atoms with E-state index in [4.69, 9.17) is 10.5 Å². The first-order chi connectivity index (χ1) is 15.0. The van der Waals surface area contributed by atoms with Crippen LogP contribution in [0.5, 0.6) is 0 Å². The van der Waals surface area contributed by atoms with Crippen molar-refractivity contribution in [1.82, 2.24) is 15.2 Å². The number of fused-ring (bicyclic) bond motifs is 2. The maximum Gasteiger partial charge on any atom is 0.382 e. The first-order valence-electron chi connectivity index (χ1n) is 10.3. The van der Waals surface area contributed by atoms with E-state index in [1.807, 2.05) is 37.3 Å². The predicted octanol–water partition coefficient (Wildman–Crippen LogP) is 2.12. The lowest BCUT2D eigenvalue weighted by Crippen LogP contribution is -2.71. The van der Waals surface area contributed by atoms with Crippen molar-refractivity contribution in [3.63, 3.8) is 0 Å². The number of guanidine groups is 1. The number of aromatic nitrogens is 1. The quantitative estimate of drug-likeness (QED) is 0.494. The van der Waals surface area contributed by atoms with Crippen LogP contribution in [0, 0.1) is 12.3 Å². The zero-order chi connectivity index (χ0) is 22.9. The van der Waals surface area contributed by atoms with Gasteiger partial charge in [-0.2, -0.15) is 8.78 Å². The molecule has 2 aliphatic carbocycles. The number of alkyl halides is 2. The SMILES string of the molecule is Cc1ccc(Nc2cccc3c2C[C@]32CC(=O)N([C@H]3C[C@](O)(C(O)(F)F)C3)C(=N)N2)cn1. The molecule has 2 fully saturated rings. The van der Waals surface area contributed by atoms with Gasteiger partial charge in [0.2, 0.25) is 5.91 Å². The van der Waals surface area contributed by atoms with Crippen LogP contribution in [-0.2, 0) is 16.8 Å². The van der Waals surface area contributed by atoms with Crippen molar-refractivity contribution < 1.29 is 23.8 Å². The molecular weight excluding hydrogens is 420 g/mol. The van der Waals surface area contributed by atoms with Gasteiger partial charge in [0.1, 0.15) is 0 Å². The molecule has 1 saturated carbocycles. The van der Waals surface area contributed by atoms with E-state index in [1.54, 1.807) is 6.20 Å². The van der Waals surface area contributed by atoms with Gasteiger partial charge in [-0.1, -0.05) is 12.1 Å². The minimum atomic E-state index is -4.25. The fourth-order valence-corrected chi connectivity index (χ4v) is 4.93. The summed E-state index contributed by atoms with van der Waals surface area (Å²) >= 11 is 0. The highest BCUT2D eigenvalue weighted by atomic mass is 19.3. The largest absolute Gasteiger partial charge is 0.382 e. The van der Waals surface area contributed by atoms with Gasteiger partial charge in [0, 0.05) is 36.7 Å². The van der Waals surface area contributed by atoms with E-state index in [-0.39, 0.29) is 18.3 Å². The van der Waals surface area contributed by atoms with Crippen molar-refractivity contribution in [2.45, 2.75) is 55.9 Å². The monoisotopic (exact) mass is 443 g/mol. The number of aryl methyl sites for hydroxylation is 1. The number of carbonyl (C=O) groups excluding carboxylic acids is 1. The second-order valence-electron chi connectivity index (χ2n) is 8.95. The van der Waals surface area contributed by atoms with E-state index in [0.717, 1.165) is 33.1 Å². The Kier molecular flexibility index (Phi) is 4.35. The molecule has 0 bridgehead atoms. The topological polar surface area (TPSA) is 122 Å². The van der Waals surface area contributed by atoms with Gasteiger partial charge in [0.05, 0.1) is 23.8 Å². The number of hydrogen-bond acceptors (Lipinski definition) is 6. The minimum Gasteiger partial charge on any atom is -0.381 e. The molecule has 0 unspecified atom stereocenters. The molecule has 1 aromatic heterocycles. The van der Waals surface area contributed by atoms with Gasteiger partial charge >= 0.3 is 6.11 Å². The smallest absolute Gasteiger partial charge is 0.381 e. The van der Waals surface area contributed by atoms with Crippen LogP contribution < -0.4 is 10.6 Å². The van der Waals surface area contributed by atoms with E-state index in [1.165, 1.54) is 0 Å². The summed E-state index contributed by atoms with van der Waals surface area (Å²) in [7, 11) is 0. The van der Waals surface area contributed by atoms with Gasteiger partial charge in [0.15, 0.2) is 11.6 Å². The van der Waals surface area contributed by atoms with Crippen LogP contribution in [-0.4, -0.2) is 49.7 Å². The molecule has 3 aliphatic rings. The van der Waals surface area contributed by atoms with E-state index in [9.17, 15) is 18.7 Å². The summed E-state index contributed by atoms with van der Waals surface area (Å²) in [5.74, 6) is -0.546. The summed E-state index contributed by atoms with van der Waals surface area (Å²) in [4.78, 5) is 18.3. The summed E-state index contributed by atoms with van der Waals surface area (Å²) in [6.45, 7) is 1.91. The second kappa shape index (κ2) is 6.69. The highest BCUT2D eigenvalue weighted by Crippen LogP contribution is 2.50. The van der Waals surface area contributed by atoms with Crippen LogP contribution >= 0.6 is 0 Å². The number of nitrogens with zero attached hydrogens (tertiary/aromatic N) is 2. The van der Waals surface area contributed by atoms with Crippen LogP contribution in [0.3, 0.4) is 0 Å². The lowest BCUT2D eigenvalue weighted by Gasteiger charge is -2.55. The van der Waals surface area contributed by atoms with Crippen molar-refractivity contribution >= 4 is 23.2 Å². The number of hydrogen-bond donors (Lipinski definition) is 5. The molecule has 2 heterocycles. The molecule has 5 N–H and O–H groups in total. The number of benzene rings is 1. The third kappa shape index (κ3) is 3.05. The number of pyridine rings is 1. The standard InChI is InChI=1S/C22H23F2N5O3/c1-12-5-6-13(11-26-12)27-17-4-2-3-16-15(17)9-20(16)10-18(30)29(19(25)28-20)14-7-21(31,8-14)22(23,24)32/h2-6,11,14,27,31-32H,7-10H2,1H3,(H2,25,28)/t14-,20-,21+/m0/s1. The zero-order valence-corrected chi connectivity index (χ0v) is 17.3. The van der Waals surface area contributed by atoms with E-state index >= 15 is 0 Å². The number of aliphatic hydroxyl groups is 2. The fraction of sp³-hybridized carbons (Fsp3) is 0.409. The van der Waals surface area contributed by atoms with Crippen molar-refractivity contribution in [3.05, 3.63) is 53.3 Å². The normalized spacial score (nSPS) is 29.2. The first kappa shape index (κ1) is 20.8. The number of nitrogens with one attached hydrogen (secondary N) is 3. The number of carbonyl (C=O) groups is 1. The Morgan fingerprint density at radius 2 is 2.03 bits per heavy atom. The third-order valence-corrected chi connectivity index (χ3v) is 6.75. The Labute approximate surface area is 182 Å². The number of rotatable bonds is 4. The molecule has 2 aromatic rings. The minimum absolute atomic E-state index is 0.0718. The zero-order valence-electron chi connectivity index (χ0n) is 17.3. The van der Waals surface area contributed by atoms with Crippen molar-refractivity contribution in [1.29, 1.82) is 5.41 Å². The maximum absolute atomic E-state index is 13.2. The predicted molar refractivity (Wildman–Crippen MR) is 112 cm³/mol. The Morgan fingerprint density at radius 1 is 1.28 bits per heavy atom. The van der Waals surface area contributed by atoms with Gasteiger partial charge in [-0.25, -0.2) is 0 Å². The van der Waals surface area contributed by atoms with Crippen LogP contribution in [0.25, 0.3) is 0 Å². The van der Waals surface area contributed by atoms with Gasteiger partial charge < -0.3 is 20.8 Å². The molecule has 5 rings (SSSR count). The molecule has 1 aromatic carbocycles. The lowest BCUT2D eigenvalue weighted by atomic mass is 9.66. The van der Waals surface area contributed by atoms with E-state index in [2.05, 4.69) is 15.6 Å². The molecule has 1 spiro atoms. The van der Waals surface area contributed by atoms with Crippen LogP contribution in [0.1, 0.15) is 36.1 Å².